The number of allylic oxidation sites excluding steroid dienone is 4. The first-order chi connectivity index (χ1) is 9.72. The molecule has 1 aliphatic rings. The molecule has 1 aromatic carbocycles. The van der Waals surface area contributed by atoms with Crippen molar-refractivity contribution in [3.63, 3.8) is 0 Å². The largest absolute Gasteiger partial charge is 0.343 e. The number of hydrogen-bond donors (Lipinski definition) is 0. The minimum absolute atomic E-state index is 0.218. The molecule has 0 N–H and O–H groups in total. The van der Waals surface area contributed by atoms with E-state index in [4.69, 9.17) is 0 Å². The predicted octanol–water partition coefficient (Wildman–Crippen LogP) is 3.70. The lowest BCUT2D eigenvalue weighted by molar-refractivity contribution is -0.131. The van der Waals surface area contributed by atoms with Gasteiger partial charge in [-0.25, -0.2) is 0 Å². The molecule has 1 amide bonds. The van der Waals surface area contributed by atoms with Gasteiger partial charge in [0, 0.05) is 24.9 Å². The summed E-state index contributed by atoms with van der Waals surface area (Å²) >= 11 is 0. The minimum Gasteiger partial charge on any atom is -0.343 e. The molecule has 2 heteroatoms. The second kappa shape index (κ2) is 6.56. The van der Waals surface area contributed by atoms with Crippen molar-refractivity contribution in [1.29, 1.82) is 0 Å². The third-order valence-electron chi connectivity index (χ3n) is 3.97. The van der Waals surface area contributed by atoms with Crippen LogP contribution in [0.1, 0.15) is 32.3 Å². The van der Waals surface area contributed by atoms with E-state index in [0.29, 0.717) is 6.42 Å². The molecular formula is C18H23NO. The summed E-state index contributed by atoms with van der Waals surface area (Å²) in [4.78, 5) is 14.4. The second-order valence-electron chi connectivity index (χ2n) is 5.19. The molecule has 106 valence electrons. The van der Waals surface area contributed by atoms with Gasteiger partial charge >= 0.3 is 0 Å². The van der Waals surface area contributed by atoms with Gasteiger partial charge in [0.2, 0.25) is 5.91 Å². The summed E-state index contributed by atoms with van der Waals surface area (Å²) in [6.07, 6.45) is 10.1. The smallest absolute Gasteiger partial charge is 0.224 e. The van der Waals surface area contributed by atoms with E-state index in [1.165, 1.54) is 5.56 Å². The monoisotopic (exact) mass is 269 g/mol. The molecule has 0 bridgehead atoms. The van der Waals surface area contributed by atoms with Crippen LogP contribution in [0, 0.1) is 0 Å². The van der Waals surface area contributed by atoms with Gasteiger partial charge in [-0.3, -0.25) is 4.79 Å². The Morgan fingerprint density at radius 2 is 1.70 bits per heavy atom. The predicted molar refractivity (Wildman–Crippen MR) is 83.6 cm³/mol. The minimum atomic E-state index is -0.279. The number of nitrogens with zero attached hydrogens (tertiary/aromatic N) is 1. The first-order valence-electron chi connectivity index (χ1n) is 7.40. The van der Waals surface area contributed by atoms with Crippen LogP contribution >= 0.6 is 0 Å². The highest BCUT2D eigenvalue weighted by molar-refractivity contribution is 5.79. The Labute approximate surface area is 121 Å². The van der Waals surface area contributed by atoms with Gasteiger partial charge in [0.1, 0.15) is 0 Å². The summed E-state index contributed by atoms with van der Waals surface area (Å²) in [5.74, 6) is 0.218. The zero-order chi connectivity index (χ0) is 14.4. The van der Waals surface area contributed by atoms with Crippen molar-refractivity contribution < 1.29 is 4.79 Å². The van der Waals surface area contributed by atoms with Crippen LogP contribution in [0.15, 0.2) is 54.6 Å². The van der Waals surface area contributed by atoms with E-state index in [0.717, 1.165) is 19.5 Å². The summed E-state index contributed by atoms with van der Waals surface area (Å²) in [7, 11) is 0. The fraction of sp³-hybridized carbons (Fsp3) is 0.389. The van der Waals surface area contributed by atoms with Crippen molar-refractivity contribution in [2.45, 2.75) is 32.1 Å². The summed E-state index contributed by atoms with van der Waals surface area (Å²) in [6, 6.07) is 10.3. The van der Waals surface area contributed by atoms with Gasteiger partial charge in [-0.1, -0.05) is 54.6 Å². The highest BCUT2D eigenvalue weighted by Gasteiger charge is 2.31. The molecule has 20 heavy (non-hydrogen) atoms. The Hall–Kier alpha value is -1.83. The van der Waals surface area contributed by atoms with E-state index in [2.05, 4.69) is 36.4 Å². The lowest BCUT2D eigenvalue weighted by Crippen LogP contribution is -2.36. The third-order valence-corrected chi connectivity index (χ3v) is 3.97. The third kappa shape index (κ3) is 3.01. The SMILES string of the molecule is CCN(CC)C(=O)CC1(c2ccccc2)C=CCC=C1. The van der Waals surface area contributed by atoms with Crippen molar-refractivity contribution in [3.8, 4) is 0 Å². The highest BCUT2D eigenvalue weighted by Crippen LogP contribution is 2.34. The molecule has 1 aromatic rings. The zero-order valence-electron chi connectivity index (χ0n) is 12.4. The fourth-order valence-electron chi connectivity index (χ4n) is 2.79. The van der Waals surface area contributed by atoms with Crippen LogP contribution in [0.2, 0.25) is 0 Å². The molecule has 0 radical (unpaired) electrons. The number of rotatable bonds is 5. The van der Waals surface area contributed by atoms with E-state index in [1.807, 2.05) is 36.9 Å². The molecule has 0 atom stereocenters. The number of amides is 1. The van der Waals surface area contributed by atoms with Gasteiger partial charge in [-0.05, 0) is 25.8 Å². The van der Waals surface area contributed by atoms with Crippen LogP contribution in [0.4, 0.5) is 0 Å². The topological polar surface area (TPSA) is 20.3 Å². The average Bonchev–Trinajstić information content (AvgIpc) is 2.50. The average molecular weight is 269 g/mol. The van der Waals surface area contributed by atoms with Gasteiger partial charge in [0.25, 0.3) is 0 Å². The Kier molecular flexibility index (Phi) is 4.78. The van der Waals surface area contributed by atoms with Crippen LogP contribution in [0.5, 0.6) is 0 Å². The van der Waals surface area contributed by atoms with E-state index >= 15 is 0 Å². The van der Waals surface area contributed by atoms with Gasteiger partial charge in [0.15, 0.2) is 0 Å². The first kappa shape index (κ1) is 14.6. The van der Waals surface area contributed by atoms with Crippen molar-refractivity contribution in [3.05, 3.63) is 60.2 Å². The van der Waals surface area contributed by atoms with Crippen LogP contribution < -0.4 is 0 Å². The zero-order valence-corrected chi connectivity index (χ0v) is 12.4. The molecule has 0 saturated heterocycles. The maximum Gasteiger partial charge on any atom is 0.224 e. The Morgan fingerprint density at radius 1 is 1.10 bits per heavy atom. The van der Waals surface area contributed by atoms with Gasteiger partial charge < -0.3 is 4.90 Å². The molecule has 1 aliphatic carbocycles. The number of carbonyl (C=O) groups is 1. The summed E-state index contributed by atoms with van der Waals surface area (Å²) in [5, 5.41) is 0. The molecule has 2 nitrogen and oxygen atoms in total. The Bertz CT molecular complexity index is 485. The summed E-state index contributed by atoms with van der Waals surface area (Å²) in [6.45, 7) is 5.60. The standard InChI is InChI=1S/C18H23NO/c1-3-19(4-2)17(20)15-18(13-9-6-10-14-18)16-11-7-5-8-12-16/h5,7-14H,3-4,6,15H2,1-2H3. The second-order valence-corrected chi connectivity index (χ2v) is 5.19. The summed E-state index contributed by atoms with van der Waals surface area (Å²) in [5.41, 5.74) is 0.909. The lowest BCUT2D eigenvalue weighted by Gasteiger charge is -2.32. The Morgan fingerprint density at radius 3 is 2.25 bits per heavy atom. The number of benzene rings is 1. The molecule has 0 aromatic heterocycles. The van der Waals surface area contributed by atoms with Gasteiger partial charge in [-0.2, -0.15) is 0 Å². The first-order valence-corrected chi connectivity index (χ1v) is 7.40. The quantitative estimate of drug-likeness (QED) is 0.746. The van der Waals surface area contributed by atoms with Crippen molar-refractivity contribution in [2.24, 2.45) is 0 Å². The summed E-state index contributed by atoms with van der Waals surface area (Å²) < 4.78 is 0. The van der Waals surface area contributed by atoms with Crippen LogP contribution in [-0.2, 0) is 10.2 Å². The maximum absolute atomic E-state index is 12.5. The van der Waals surface area contributed by atoms with Gasteiger partial charge in [0.05, 0.1) is 0 Å². The molecule has 0 heterocycles. The molecule has 0 fully saturated rings. The molecule has 0 spiro atoms. The number of hydrogen-bond acceptors (Lipinski definition) is 1. The van der Waals surface area contributed by atoms with Crippen molar-refractivity contribution in [1.82, 2.24) is 4.90 Å². The normalized spacial score (nSPS) is 16.1. The molecule has 0 unspecified atom stereocenters. The molecule has 0 aliphatic heterocycles. The van der Waals surface area contributed by atoms with E-state index in [-0.39, 0.29) is 11.3 Å². The van der Waals surface area contributed by atoms with Crippen LogP contribution in [0.25, 0.3) is 0 Å². The number of carbonyl (C=O) groups excluding carboxylic acids is 1. The van der Waals surface area contributed by atoms with Crippen molar-refractivity contribution >= 4 is 5.91 Å². The molecule has 0 saturated carbocycles. The Balaban J connectivity index is 2.30. The van der Waals surface area contributed by atoms with Crippen LogP contribution in [-0.4, -0.2) is 23.9 Å². The van der Waals surface area contributed by atoms with E-state index in [1.54, 1.807) is 0 Å². The molecule has 2 rings (SSSR count). The van der Waals surface area contributed by atoms with E-state index in [9.17, 15) is 4.79 Å². The van der Waals surface area contributed by atoms with Crippen molar-refractivity contribution in [2.75, 3.05) is 13.1 Å². The lowest BCUT2D eigenvalue weighted by atomic mass is 9.74. The fourth-order valence-corrected chi connectivity index (χ4v) is 2.79. The van der Waals surface area contributed by atoms with E-state index < -0.39 is 0 Å². The maximum atomic E-state index is 12.5. The molecular weight excluding hydrogens is 246 g/mol. The van der Waals surface area contributed by atoms with Gasteiger partial charge in [-0.15, -0.1) is 0 Å². The van der Waals surface area contributed by atoms with Crippen LogP contribution in [0.3, 0.4) is 0 Å². The highest BCUT2D eigenvalue weighted by atomic mass is 16.2.